The van der Waals surface area contributed by atoms with Crippen molar-refractivity contribution in [3.8, 4) is 22.2 Å². The number of aromatic nitrogens is 2. The molecule has 0 radical (unpaired) electrons. The number of carbonyl (C=O) groups is 1. The lowest BCUT2D eigenvalue weighted by atomic mass is 10.0. The Labute approximate surface area is 170 Å². The van der Waals surface area contributed by atoms with Gasteiger partial charge in [-0.25, -0.2) is 9.36 Å². The Bertz CT molecular complexity index is 1090. The molecule has 9 heteroatoms. The predicted molar refractivity (Wildman–Crippen MR) is 105 cm³/mol. The molecule has 2 aromatic heterocycles. The number of hydrogen-bond acceptors (Lipinski definition) is 7. The molecule has 5 rings (SSSR count). The Morgan fingerprint density at radius 2 is 2.07 bits per heavy atom. The standard InChI is InChI=1S/C20H19N3O5S/c24-18(12-23-19(21-28-20(23)25)17-4-2-10-29-17)22-7-1-3-14(22)13-5-6-15-16(11-13)27-9-8-26-15/h2,4-6,10-11,14H,1,3,7-9,12H2. The third-order valence-corrected chi connectivity index (χ3v) is 6.11. The van der Waals surface area contributed by atoms with Gasteiger partial charge >= 0.3 is 5.76 Å². The van der Waals surface area contributed by atoms with Gasteiger partial charge in [0.25, 0.3) is 0 Å². The molecule has 150 valence electrons. The minimum atomic E-state index is -0.628. The number of carbonyl (C=O) groups excluding carboxylic acids is 1. The van der Waals surface area contributed by atoms with Crippen LogP contribution in [0.2, 0.25) is 0 Å². The molecule has 2 aliphatic rings. The molecule has 2 aliphatic heterocycles. The van der Waals surface area contributed by atoms with E-state index in [-0.39, 0.29) is 18.5 Å². The van der Waals surface area contributed by atoms with Crippen molar-refractivity contribution in [3.63, 3.8) is 0 Å². The molecule has 0 N–H and O–H groups in total. The molecule has 3 aromatic rings. The molecule has 8 nitrogen and oxygen atoms in total. The van der Waals surface area contributed by atoms with E-state index in [4.69, 9.17) is 14.0 Å². The van der Waals surface area contributed by atoms with Gasteiger partial charge in [0.05, 0.1) is 10.9 Å². The quantitative estimate of drug-likeness (QED) is 0.654. The second kappa shape index (κ2) is 7.40. The van der Waals surface area contributed by atoms with E-state index < -0.39 is 5.76 Å². The zero-order chi connectivity index (χ0) is 19.8. The monoisotopic (exact) mass is 413 g/mol. The molecule has 1 atom stereocenters. The van der Waals surface area contributed by atoms with Crippen LogP contribution in [0.1, 0.15) is 24.4 Å². The Morgan fingerprint density at radius 3 is 2.90 bits per heavy atom. The number of nitrogens with zero attached hydrogens (tertiary/aromatic N) is 3. The summed E-state index contributed by atoms with van der Waals surface area (Å²) in [6.45, 7) is 1.61. The van der Waals surface area contributed by atoms with Gasteiger partial charge < -0.3 is 14.4 Å². The van der Waals surface area contributed by atoms with E-state index >= 15 is 0 Å². The van der Waals surface area contributed by atoms with Crippen LogP contribution in [0.5, 0.6) is 11.5 Å². The summed E-state index contributed by atoms with van der Waals surface area (Å²) in [6.07, 6.45) is 1.77. The van der Waals surface area contributed by atoms with Gasteiger partial charge in [-0.2, -0.15) is 0 Å². The average Bonchev–Trinajstić information content (AvgIpc) is 3.49. The van der Waals surface area contributed by atoms with E-state index in [0.29, 0.717) is 31.3 Å². The van der Waals surface area contributed by atoms with Gasteiger partial charge in [0.2, 0.25) is 5.91 Å². The lowest BCUT2D eigenvalue weighted by molar-refractivity contribution is -0.132. The Balaban J connectivity index is 1.39. The molecule has 1 fully saturated rings. The van der Waals surface area contributed by atoms with Crippen molar-refractivity contribution in [3.05, 3.63) is 51.8 Å². The Kier molecular flexibility index (Phi) is 4.59. The largest absolute Gasteiger partial charge is 0.486 e. The van der Waals surface area contributed by atoms with Crippen molar-refractivity contribution in [2.45, 2.75) is 25.4 Å². The number of likely N-dealkylation sites (tertiary alicyclic amines) is 1. The summed E-state index contributed by atoms with van der Waals surface area (Å²) in [5, 5.41) is 5.74. The summed E-state index contributed by atoms with van der Waals surface area (Å²) in [5.41, 5.74) is 1.01. The van der Waals surface area contributed by atoms with E-state index in [9.17, 15) is 9.59 Å². The van der Waals surface area contributed by atoms with Crippen LogP contribution in [0.3, 0.4) is 0 Å². The van der Waals surface area contributed by atoms with Crippen LogP contribution in [-0.2, 0) is 11.3 Å². The molecule has 0 bridgehead atoms. The van der Waals surface area contributed by atoms with Gasteiger partial charge in [-0.05, 0) is 42.0 Å². The van der Waals surface area contributed by atoms with E-state index in [1.165, 1.54) is 15.9 Å². The summed E-state index contributed by atoms with van der Waals surface area (Å²) in [5.74, 6) is 1.06. The van der Waals surface area contributed by atoms with Crippen LogP contribution in [0.15, 0.2) is 45.0 Å². The fourth-order valence-electron chi connectivity index (χ4n) is 3.90. The number of rotatable bonds is 4. The lowest BCUT2D eigenvalue weighted by Gasteiger charge is -2.27. The first-order valence-corrected chi connectivity index (χ1v) is 10.4. The van der Waals surface area contributed by atoms with Crippen molar-refractivity contribution in [2.24, 2.45) is 0 Å². The van der Waals surface area contributed by atoms with Crippen LogP contribution in [0.25, 0.3) is 10.7 Å². The third kappa shape index (κ3) is 3.31. The SMILES string of the molecule is O=C(Cn1c(-c2cccs2)noc1=O)N1CCCC1c1ccc2c(c1)OCCO2. The highest BCUT2D eigenvalue weighted by Gasteiger charge is 2.32. The van der Waals surface area contributed by atoms with Gasteiger partial charge in [0.1, 0.15) is 19.8 Å². The lowest BCUT2D eigenvalue weighted by Crippen LogP contribution is -2.35. The topological polar surface area (TPSA) is 86.8 Å². The van der Waals surface area contributed by atoms with Crippen LogP contribution in [0, 0.1) is 0 Å². The van der Waals surface area contributed by atoms with Gasteiger partial charge in [-0.15, -0.1) is 11.3 Å². The third-order valence-electron chi connectivity index (χ3n) is 5.25. The van der Waals surface area contributed by atoms with Crippen molar-refractivity contribution in [2.75, 3.05) is 19.8 Å². The van der Waals surface area contributed by atoms with Crippen LogP contribution in [-0.4, -0.2) is 40.3 Å². The number of ether oxygens (including phenoxy) is 2. The maximum Gasteiger partial charge on any atom is 0.442 e. The molecule has 0 spiro atoms. The number of amides is 1. The molecular formula is C20H19N3O5S. The highest BCUT2D eigenvalue weighted by molar-refractivity contribution is 7.13. The summed E-state index contributed by atoms with van der Waals surface area (Å²) < 4.78 is 17.4. The van der Waals surface area contributed by atoms with E-state index in [1.807, 2.05) is 40.6 Å². The maximum atomic E-state index is 13.1. The minimum Gasteiger partial charge on any atom is -0.486 e. The smallest absolute Gasteiger partial charge is 0.442 e. The molecule has 1 unspecified atom stereocenters. The first-order chi connectivity index (χ1) is 14.2. The summed E-state index contributed by atoms with van der Waals surface area (Å²) in [7, 11) is 0. The summed E-state index contributed by atoms with van der Waals surface area (Å²) in [6, 6.07) is 9.48. The normalized spacial score (nSPS) is 18.2. The molecular weight excluding hydrogens is 394 g/mol. The maximum absolute atomic E-state index is 13.1. The summed E-state index contributed by atoms with van der Waals surface area (Å²) >= 11 is 1.44. The number of benzene rings is 1. The van der Waals surface area contributed by atoms with Crippen molar-refractivity contribution in [1.29, 1.82) is 0 Å². The highest BCUT2D eigenvalue weighted by Crippen LogP contribution is 2.38. The first-order valence-electron chi connectivity index (χ1n) is 9.50. The summed E-state index contributed by atoms with van der Waals surface area (Å²) in [4.78, 5) is 27.8. The van der Waals surface area contributed by atoms with E-state index in [2.05, 4.69) is 5.16 Å². The molecule has 29 heavy (non-hydrogen) atoms. The van der Waals surface area contributed by atoms with E-state index in [0.717, 1.165) is 29.0 Å². The molecule has 1 amide bonds. The van der Waals surface area contributed by atoms with Gasteiger partial charge in [0, 0.05) is 6.54 Å². The molecule has 4 heterocycles. The Morgan fingerprint density at radius 1 is 1.21 bits per heavy atom. The molecule has 1 saturated heterocycles. The fourth-order valence-corrected chi connectivity index (χ4v) is 4.61. The second-order valence-corrected chi connectivity index (χ2v) is 7.93. The van der Waals surface area contributed by atoms with Crippen LogP contribution in [0.4, 0.5) is 0 Å². The average molecular weight is 413 g/mol. The Hall–Kier alpha value is -3.07. The van der Waals surface area contributed by atoms with Gasteiger partial charge in [-0.3, -0.25) is 9.32 Å². The van der Waals surface area contributed by atoms with Crippen LogP contribution < -0.4 is 15.2 Å². The molecule has 0 aliphatic carbocycles. The van der Waals surface area contributed by atoms with Gasteiger partial charge in [0.15, 0.2) is 17.3 Å². The molecule has 1 aromatic carbocycles. The zero-order valence-corrected chi connectivity index (χ0v) is 16.4. The van der Waals surface area contributed by atoms with Crippen molar-refractivity contribution >= 4 is 17.2 Å². The first kappa shape index (κ1) is 18.0. The zero-order valence-electron chi connectivity index (χ0n) is 15.6. The molecule has 0 saturated carbocycles. The fraction of sp³-hybridized carbons (Fsp3) is 0.350. The van der Waals surface area contributed by atoms with Crippen LogP contribution >= 0.6 is 11.3 Å². The predicted octanol–water partition coefficient (Wildman–Crippen LogP) is 2.70. The number of hydrogen-bond donors (Lipinski definition) is 0. The van der Waals surface area contributed by atoms with Crippen molar-refractivity contribution in [1.82, 2.24) is 14.6 Å². The van der Waals surface area contributed by atoms with E-state index in [1.54, 1.807) is 0 Å². The number of fused-ring (bicyclic) bond motifs is 1. The number of thiophene rings is 1. The highest BCUT2D eigenvalue weighted by atomic mass is 32.1. The second-order valence-electron chi connectivity index (χ2n) is 6.98. The van der Waals surface area contributed by atoms with Gasteiger partial charge in [-0.1, -0.05) is 17.3 Å². The minimum absolute atomic E-state index is 0.0564. The van der Waals surface area contributed by atoms with Crippen molar-refractivity contribution < 1.29 is 18.8 Å².